The Hall–Kier alpha value is -3.08. The number of amides is 1. The highest BCUT2D eigenvalue weighted by Crippen LogP contribution is 2.16. The van der Waals surface area contributed by atoms with Gasteiger partial charge in [0.05, 0.1) is 6.21 Å². The summed E-state index contributed by atoms with van der Waals surface area (Å²) >= 11 is 0. The summed E-state index contributed by atoms with van der Waals surface area (Å²) in [5.41, 5.74) is 5.40. The number of nitrogens with one attached hydrogen (secondary N) is 2. The molecule has 0 bridgehead atoms. The van der Waals surface area contributed by atoms with Gasteiger partial charge in [-0.15, -0.1) is 0 Å². The van der Waals surface area contributed by atoms with Crippen LogP contribution >= 0.6 is 0 Å². The molecule has 1 heterocycles. The molecule has 5 nitrogen and oxygen atoms in total. The zero-order valence-corrected chi connectivity index (χ0v) is 12.7. The third kappa shape index (κ3) is 3.58. The minimum atomic E-state index is -0.302. The van der Waals surface area contributed by atoms with E-state index in [1.807, 2.05) is 61.7 Å². The number of benzene rings is 2. The first-order chi connectivity index (χ1) is 11.2. The Balaban J connectivity index is 1.55. The highest BCUT2D eigenvalue weighted by molar-refractivity contribution is 5.99. The number of para-hydroxylation sites is 2. The molecule has 0 aliphatic heterocycles. The van der Waals surface area contributed by atoms with E-state index in [-0.39, 0.29) is 12.5 Å². The van der Waals surface area contributed by atoms with E-state index < -0.39 is 0 Å². The van der Waals surface area contributed by atoms with Crippen LogP contribution in [0.1, 0.15) is 11.1 Å². The fourth-order valence-corrected chi connectivity index (χ4v) is 2.27. The van der Waals surface area contributed by atoms with E-state index in [9.17, 15) is 4.79 Å². The summed E-state index contributed by atoms with van der Waals surface area (Å²) < 4.78 is 5.46. The van der Waals surface area contributed by atoms with Gasteiger partial charge in [-0.3, -0.25) is 4.79 Å². The van der Waals surface area contributed by atoms with E-state index in [0.29, 0.717) is 5.75 Å². The van der Waals surface area contributed by atoms with Crippen LogP contribution < -0.4 is 10.2 Å². The standard InChI is InChI=1S/C18H17N3O2/c1-13-6-2-5-9-17(13)23-12-18(22)21-20-11-14-10-19-16-8-4-3-7-15(14)16/h2-11,19H,12H2,1H3,(H,21,22)/b20-11+. The van der Waals surface area contributed by atoms with Crippen LogP contribution in [-0.4, -0.2) is 23.7 Å². The average Bonchev–Trinajstić information content (AvgIpc) is 2.98. The lowest BCUT2D eigenvalue weighted by Gasteiger charge is -2.07. The second-order valence-corrected chi connectivity index (χ2v) is 5.14. The van der Waals surface area contributed by atoms with Gasteiger partial charge in [0.2, 0.25) is 0 Å². The van der Waals surface area contributed by atoms with Crippen LogP contribution in [0.25, 0.3) is 10.9 Å². The number of hydrogen-bond donors (Lipinski definition) is 2. The minimum absolute atomic E-state index is 0.0733. The number of aromatic amines is 1. The second kappa shape index (κ2) is 6.79. The van der Waals surface area contributed by atoms with E-state index in [2.05, 4.69) is 15.5 Å². The molecule has 0 spiro atoms. The van der Waals surface area contributed by atoms with Crippen LogP contribution in [0, 0.1) is 6.92 Å². The molecule has 0 aliphatic rings. The number of hydrazone groups is 1. The number of carbonyl (C=O) groups excluding carboxylic acids is 1. The summed E-state index contributed by atoms with van der Waals surface area (Å²) in [4.78, 5) is 14.9. The van der Waals surface area contributed by atoms with Gasteiger partial charge in [-0.2, -0.15) is 5.10 Å². The van der Waals surface area contributed by atoms with Crippen molar-refractivity contribution in [1.82, 2.24) is 10.4 Å². The van der Waals surface area contributed by atoms with E-state index in [1.165, 1.54) is 0 Å². The lowest BCUT2D eigenvalue weighted by atomic mass is 10.2. The fourth-order valence-electron chi connectivity index (χ4n) is 2.27. The number of ether oxygens (including phenoxy) is 1. The largest absolute Gasteiger partial charge is 0.483 e. The van der Waals surface area contributed by atoms with Gasteiger partial charge in [0.1, 0.15) is 5.75 Å². The van der Waals surface area contributed by atoms with Gasteiger partial charge >= 0.3 is 0 Å². The molecule has 2 aromatic carbocycles. The Morgan fingerprint density at radius 2 is 2.00 bits per heavy atom. The van der Waals surface area contributed by atoms with Crippen molar-refractivity contribution in [2.24, 2.45) is 5.10 Å². The van der Waals surface area contributed by atoms with Crippen LogP contribution in [0.5, 0.6) is 5.75 Å². The van der Waals surface area contributed by atoms with Gasteiger partial charge < -0.3 is 9.72 Å². The minimum Gasteiger partial charge on any atom is -0.483 e. The molecule has 3 aromatic rings. The molecule has 0 unspecified atom stereocenters. The Morgan fingerprint density at radius 3 is 2.87 bits per heavy atom. The van der Waals surface area contributed by atoms with Gasteiger partial charge in [-0.25, -0.2) is 5.43 Å². The summed E-state index contributed by atoms with van der Waals surface area (Å²) in [5.74, 6) is 0.396. The van der Waals surface area contributed by atoms with Crippen LogP contribution in [0.2, 0.25) is 0 Å². The van der Waals surface area contributed by atoms with Crippen molar-refractivity contribution < 1.29 is 9.53 Å². The maximum atomic E-state index is 11.8. The zero-order chi connectivity index (χ0) is 16.1. The molecule has 1 aromatic heterocycles. The first kappa shape index (κ1) is 14.8. The summed E-state index contributed by atoms with van der Waals surface area (Å²) in [6.45, 7) is 1.86. The van der Waals surface area contributed by atoms with Crippen molar-refractivity contribution in [3.63, 3.8) is 0 Å². The lowest BCUT2D eigenvalue weighted by molar-refractivity contribution is -0.123. The SMILES string of the molecule is Cc1ccccc1OCC(=O)N/N=C/c1c[nH]c2ccccc12. The highest BCUT2D eigenvalue weighted by atomic mass is 16.5. The molecule has 0 saturated heterocycles. The van der Waals surface area contributed by atoms with Crippen molar-refractivity contribution in [3.8, 4) is 5.75 Å². The average molecular weight is 307 g/mol. The van der Waals surface area contributed by atoms with Crippen LogP contribution in [-0.2, 0) is 4.79 Å². The number of rotatable bonds is 5. The van der Waals surface area contributed by atoms with Crippen molar-refractivity contribution >= 4 is 23.0 Å². The summed E-state index contributed by atoms with van der Waals surface area (Å²) in [6.07, 6.45) is 3.47. The van der Waals surface area contributed by atoms with Gasteiger partial charge in [-0.05, 0) is 24.6 Å². The summed E-state index contributed by atoms with van der Waals surface area (Å²) in [7, 11) is 0. The third-order valence-corrected chi connectivity index (χ3v) is 3.47. The van der Waals surface area contributed by atoms with E-state index in [1.54, 1.807) is 6.21 Å². The highest BCUT2D eigenvalue weighted by Gasteiger charge is 2.04. The smallest absolute Gasteiger partial charge is 0.277 e. The Labute approximate surface area is 134 Å². The van der Waals surface area contributed by atoms with Crippen molar-refractivity contribution in [3.05, 3.63) is 65.9 Å². The predicted molar refractivity (Wildman–Crippen MR) is 90.7 cm³/mol. The number of H-pyrrole nitrogens is 1. The number of aromatic nitrogens is 1. The van der Waals surface area contributed by atoms with E-state index >= 15 is 0 Å². The summed E-state index contributed by atoms with van der Waals surface area (Å²) in [6, 6.07) is 15.5. The number of aryl methyl sites for hydroxylation is 1. The topological polar surface area (TPSA) is 66.5 Å². The predicted octanol–water partition coefficient (Wildman–Crippen LogP) is 3.01. The van der Waals surface area contributed by atoms with Crippen LogP contribution in [0.15, 0.2) is 59.8 Å². The monoisotopic (exact) mass is 307 g/mol. The molecule has 5 heteroatoms. The van der Waals surface area contributed by atoms with E-state index in [4.69, 9.17) is 4.74 Å². The molecule has 1 amide bonds. The van der Waals surface area contributed by atoms with E-state index in [0.717, 1.165) is 22.0 Å². The molecule has 2 N–H and O–H groups in total. The van der Waals surface area contributed by atoms with Gasteiger partial charge in [0, 0.05) is 22.7 Å². The van der Waals surface area contributed by atoms with Crippen molar-refractivity contribution in [2.75, 3.05) is 6.61 Å². The Morgan fingerprint density at radius 1 is 1.22 bits per heavy atom. The van der Waals surface area contributed by atoms with Gasteiger partial charge in [0.15, 0.2) is 6.61 Å². The number of nitrogens with zero attached hydrogens (tertiary/aromatic N) is 1. The lowest BCUT2D eigenvalue weighted by Crippen LogP contribution is -2.24. The number of carbonyl (C=O) groups is 1. The second-order valence-electron chi connectivity index (χ2n) is 5.14. The first-order valence-electron chi connectivity index (χ1n) is 7.30. The summed E-state index contributed by atoms with van der Waals surface area (Å²) in [5, 5.41) is 5.03. The molecule has 3 rings (SSSR count). The number of fused-ring (bicyclic) bond motifs is 1. The maximum Gasteiger partial charge on any atom is 0.277 e. The van der Waals surface area contributed by atoms with Crippen LogP contribution in [0.4, 0.5) is 0 Å². The Bertz CT molecular complexity index is 852. The molecule has 0 saturated carbocycles. The quantitative estimate of drug-likeness (QED) is 0.562. The zero-order valence-electron chi connectivity index (χ0n) is 12.7. The van der Waals surface area contributed by atoms with Gasteiger partial charge in [-0.1, -0.05) is 36.4 Å². The first-order valence-corrected chi connectivity index (χ1v) is 7.30. The molecule has 23 heavy (non-hydrogen) atoms. The normalized spacial score (nSPS) is 11.0. The number of hydrogen-bond acceptors (Lipinski definition) is 3. The molecule has 0 radical (unpaired) electrons. The van der Waals surface area contributed by atoms with Crippen LogP contribution in [0.3, 0.4) is 0 Å². The Kier molecular flexibility index (Phi) is 4.38. The third-order valence-electron chi connectivity index (χ3n) is 3.47. The maximum absolute atomic E-state index is 11.8. The van der Waals surface area contributed by atoms with Gasteiger partial charge in [0.25, 0.3) is 5.91 Å². The molecule has 0 fully saturated rings. The van der Waals surface area contributed by atoms with Crippen molar-refractivity contribution in [2.45, 2.75) is 6.92 Å². The molecule has 0 atom stereocenters. The van der Waals surface area contributed by atoms with Crippen molar-refractivity contribution in [1.29, 1.82) is 0 Å². The molecular formula is C18H17N3O2. The molecular weight excluding hydrogens is 290 g/mol. The fraction of sp³-hybridized carbons (Fsp3) is 0.111. The molecule has 116 valence electrons. The molecule has 0 aliphatic carbocycles.